The maximum atomic E-state index is 12.4. The van der Waals surface area contributed by atoms with Crippen molar-refractivity contribution in [2.75, 3.05) is 18.4 Å². The predicted octanol–water partition coefficient (Wildman–Crippen LogP) is 3.56. The summed E-state index contributed by atoms with van der Waals surface area (Å²) in [6, 6.07) is 1.77. The summed E-state index contributed by atoms with van der Waals surface area (Å²) in [7, 11) is 0. The van der Waals surface area contributed by atoms with Gasteiger partial charge in [0.05, 0.1) is 6.42 Å². The summed E-state index contributed by atoms with van der Waals surface area (Å²) in [5, 5.41) is 6.71. The molecule has 0 unspecified atom stereocenters. The summed E-state index contributed by atoms with van der Waals surface area (Å²) in [5.41, 5.74) is 0.827. The number of anilines is 2. The number of thiazole rings is 1. The van der Waals surface area contributed by atoms with E-state index in [1.165, 1.54) is 6.20 Å². The van der Waals surface area contributed by atoms with Crippen molar-refractivity contribution in [1.82, 2.24) is 20.3 Å². The molecule has 0 amide bonds. The molecule has 130 valence electrons. The molecule has 2 aromatic heterocycles. The van der Waals surface area contributed by atoms with Crippen LogP contribution in [0, 0.1) is 6.92 Å². The number of alkyl halides is 3. The molecule has 1 aliphatic rings. The first-order valence-corrected chi connectivity index (χ1v) is 8.55. The van der Waals surface area contributed by atoms with Gasteiger partial charge in [-0.25, -0.2) is 15.0 Å². The minimum atomic E-state index is -4.22. The fourth-order valence-corrected chi connectivity index (χ4v) is 3.52. The smallest absolute Gasteiger partial charge is 0.317 e. The van der Waals surface area contributed by atoms with Crippen LogP contribution in [0.15, 0.2) is 12.3 Å². The van der Waals surface area contributed by atoms with Crippen molar-refractivity contribution in [1.29, 1.82) is 0 Å². The zero-order chi connectivity index (χ0) is 17.2. The van der Waals surface area contributed by atoms with E-state index in [0.717, 1.165) is 48.8 Å². The van der Waals surface area contributed by atoms with Crippen molar-refractivity contribution in [2.24, 2.45) is 0 Å². The van der Waals surface area contributed by atoms with Gasteiger partial charge in [0.1, 0.15) is 11.6 Å². The van der Waals surface area contributed by atoms with E-state index < -0.39 is 12.6 Å². The third kappa shape index (κ3) is 4.64. The summed E-state index contributed by atoms with van der Waals surface area (Å²) >= 11 is 0.989. The van der Waals surface area contributed by atoms with E-state index in [9.17, 15) is 13.2 Å². The maximum absolute atomic E-state index is 12.4. The molecule has 9 heteroatoms. The zero-order valence-corrected chi connectivity index (χ0v) is 14.0. The standard InChI is InChI=1S/C15H18F3N5S/c1-9-6-12(22-13(21-9)10-2-4-19-5-3-10)23-14-20-8-11(24-14)7-15(16,17)18/h6,8,10,19H,2-5,7H2,1H3,(H,20,21,22,23). The Kier molecular flexibility index (Phi) is 5.00. The van der Waals surface area contributed by atoms with Crippen LogP contribution < -0.4 is 10.6 Å². The van der Waals surface area contributed by atoms with Crippen molar-refractivity contribution in [3.05, 3.63) is 28.7 Å². The number of halogens is 3. The Morgan fingerprint density at radius 2 is 2.04 bits per heavy atom. The van der Waals surface area contributed by atoms with Crippen LogP contribution in [0.25, 0.3) is 0 Å². The summed E-state index contributed by atoms with van der Waals surface area (Å²) < 4.78 is 37.3. The normalized spacial score (nSPS) is 16.3. The van der Waals surface area contributed by atoms with Crippen molar-refractivity contribution in [2.45, 2.75) is 38.3 Å². The largest absolute Gasteiger partial charge is 0.393 e. The molecule has 3 heterocycles. The molecule has 0 atom stereocenters. The molecular formula is C15H18F3N5S. The summed E-state index contributed by atoms with van der Waals surface area (Å²) in [4.78, 5) is 13.2. The number of rotatable bonds is 4. The van der Waals surface area contributed by atoms with E-state index in [0.29, 0.717) is 16.9 Å². The van der Waals surface area contributed by atoms with Crippen molar-refractivity contribution in [3.8, 4) is 0 Å². The van der Waals surface area contributed by atoms with Gasteiger partial charge in [-0.15, -0.1) is 11.3 Å². The Labute approximate surface area is 141 Å². The quantitative estimate of drug-likeness (QED) is 0.876. The van der Waals surface area contributed by atoms with Gasteiger partial charge in [-0.3, -0.25) is 0 Å². The number of hydrogen-bond acceptors (Lipinski definition) is 6. The molecule has 5 nitrogen and oxygen atoms in total. The molecule has 1 saturated heterocycles. The Balaban J connectivity index is 1.74. The van der Waals surface area contributed by atoms with Gasteiger partial charge in [0.25, 0.3) is 0 Å². The van der Waals surface area contributed by atoms with E-state index in [2.05, 4.69) is 25.6 Å². The van der Waals surface area contributed by atoms with E-state index >= 15 is 0 Å². The molecule has 2 N–H and O–H groups in total. The Bertz CT molecular complexity index is 695. The molecule has 0 spiro atoms. The molecule has 0 aromatic carbocycles. The van der Waals surface area contributed by atoms with Crippen LogP contribution in [0.5, 0.6) is 0 Å². The molecule has 0 saturated carbocycles. The lowest BCUT2D eigenvalue weighted by Gasteiger charge is -2.21. The van der Waals surface area contributed by atoms with Crippen LogP contribution in [0.2, 0.25) is 0 Å². The summed E-state index contributed by atoms with van der Waals surface area (Å²) in [5.74, 6) is 1.67. The first-order chi connectivity index (χ1) is 11.4. The molecule has 24 heavy (non-hydrogen) atoms. The predicted molar refractivity (Wildman–Crippen MR) is 86.8 cm³/mol. The molecule has 2 aromatic rings. The lowest BCUT2D eigenvalue weighted by Crippen LogP contribution is -2.27. The third-order valence-corrected chi connectivity index (χ3v) is 4.65. The second-order valence-corrected chi connectivity index (χ2v) is 6.94. The van der Waals surface area contributed by atoms with Gasteiger partial charge in [-0.05, 0) is 32.9 Å². The van der Waals surface area contributed by atoms with Gasteiger partial charge >= 0.3 is 6.18 Å². The highest BCUT2D eigenvalue weighted by Gasteiger charge is 2.28. The maximum Gasteiger partial charge on any atom is 0.393 e. The van der Waals surface area contributed by atoms with E-state index in [1.807, 2.05) is 6.92 Å². The van der Waals surface area contributed by atoms with Gasteiger partial charge in [-0.2, -0.15) is 13.2 Å². The lowest BCUT2D eigenvalue weighted by molar-refractivity contribution is -0.126. The van der Waals surface area contributed by atoms with Crippen molar-refractivity contribution in [3.63, 3.8) is 0 Å². The van der Waals surface area contributed by atoms with Gasteiger partial charge in [-0.1, -0.05) is 0 Å². The van der Waals surface area contributed by atoms with Gasteiger partial charge < -0.3 is 10.6 Å². The molecular weight excluding hydrogens is 339 g/mol. The van der Waals surface area contributed by atoms with Crippen LogP contribution >= 0.6 is 11.3 Å². The van der Waals surface area contributed by atoms with Crippen LogP contribution in [0.1, 0.15) is 35.2 Å². The molecule has 0 aliphatic carbocycles. The van der Waals surface area contributed by atoms with E-state index in [4.69, 9.17) is 0 Å². The van der Waals surface area contributed by atoms with Crippen molar-refractivity contribution >= 4 is 22.3 Å². The van der Waals surface area contributed by atoms with Gasteiger partial charge in [0, 0.05) is 28.8 Å². The Morgan fingerprint density at radius 1 is 1.29 bits per heavy atom. The average molecular weight is 357 g/mol. The first kappa shape index (κ1) is 17.1. The van der Waals surface area contributed by atoms with E-state index in [1.54, 1.807) is 6.07 Å². The number of nitrogens with one attached hydrogen (secondary N) is 2. The Hall–Kier alpha value is -1.74. The first-order valence-electron chi connectivity index (χ1n) is 7.74. The highest BCUT2D eigenvalue weighted by atomic mass is 32.1. The van der Waals surface area contributed by atoms with Crippen molar-refractivity contribution < 1.29 is 13.2 Å². The topological polar surface area (TPSA) is 62.7 Å². The van der Waals surface area contributed by atoms with Crippen LogP contribution in [-0.4, -0.2) is 34.2 Å². The lowest BCUT2D eigenvalue weighted by atomic mass is 9.97. The van der Waals surface area contributed by atoms with Gasteiger partial charge in [0.15, 0.2) is 5.13 Å². The number of nitrogens with zero attached hydrogens (tertiary/aromatic N) is 3. The molecule has 3 rings (SSSR count). The third-order valence-electron chi connectivity index (χ3n) is 3.74. The molecule has 1 aliphatic heterocycles. The zero-order valence-electron chi connectivity index (χ0n) is 13.2. The Morgan fingerprint density at radius 3 is 2.75 bits per heavy atom. The fourth-order valence-electron chi connectivity index (χ4n) is 2.67. The monoisotopic (exact) mass is 357 g/mol. The highest BCUT2D eigenvalue weighted by molar-refractivity contribution is 7.15. The van der Waals surface area contributed by atoms with Gasteiger partial charge in [0.2, 0.25) is 0 Å². The summed E-state index contributed by atoms with van der Waals surface area (Å²) in [6.07, 6.45) is -1.97. The SMILES string of the molecule is Cc1cc(Nc2ncc(CC(F)(F)F)s2)nc(C2CCNCC2)n1. The number of aryl methyl sites for hydroxylation is 1. The van der Waals surface area contributed by atoms with Crippen LogP contribution in [0.3, 0.4) is 0 Å². The molecule has 1 fully saturated rings. The molecule has 0 bridgehead atoms. The van der Waals surface area contributed by atoms with Crippen LogP contribution in [0.4, 0.5) is 24.1 Å². The second kappa shape index (κ2) is 7.02. The average Bonchev–Trinajstić information content (AvgIpc) is 2.92. The minimum absolute atomic E-state index is 0.175. The second-order valence-electron chi connectivity index (χ2n) is 5.83. The van der Waals surface area contributed by atoms with Crippen LogP contribution in [-0.2, 0) is 6.42 Å². The number of aromatic nitrogens is 3. The molecule has 0 radical (unpaired) electrons. The minimum Gasteiger partial charge on any atom is -0.317 e. The highest BCUT2D eigenvalue weighted by Crippen LogP contribution is 2.29. The number of piperidine rings is 1. The summed E-state index contributed by atoms with van der Waals surface area (Å²) in [6.45, 7) is 3.77. The number of hydrogen-bond donors (Lipinski definition) is 2. The fraction of sp³-hybridized carbons (Fsp3) is 0.533. The van der Waals surface area contributed by atoms with E-state index in [-0.39, 0.29) is 4.88 Å².